The van der Waals surface area contributed by atoms with Crippen LogP contribution in [-0.4, -0.2) is 30.8 Å². The average molecular weight is 376 g/mol. The molecule has 0 radical (unpaired) electrons. The summed E-state index contributed by atoms with van der Waals surface area (Å²) in [7, 11) is -0.373. The first-order chi connectivity index (χ1) is 11.0. The highest BCUT2D eigenvalue weighted by atomic mass is 35.5. The quantitative estimate of drug-likeness (QED) is 0.317. The van der Waals surface area contributed by atoms with E-state index >= 15 is 0 Å². The molecule has 0 aromatic carbocycles. The van der Waals surface area contributed by atoms with Crippen LogP contribution in [0.4, 0.5) is 0 Å². The van der Waals surface area contributed by atoms with Gasteiger partial charge in [-0.1, -0.05) is 44.9 Å². The van der Waals surface area contributed by atoms with Crippen LogP contribution < -0.4 is 17.0 Å². The molecule has 5 nitrogen and oxygen atoms in total. The summed E-state index contributed by atoms with van der Waals surface area (Å²) >= 11 is 0. The van der Waals surface area contributed by atoms with Gasteiger partial charge in [0.15, 0.2) is 0 Å². The number of hydrogen-bond donors (Lipinski definition) is 0. The van der Waals surface area contributed by atoms with E-state index in [1.165, 1.54) is 60.9 Å². The molecule has 0 spiro atoms. The highest BCUT2D eigenvalue weighted by Gasteiger charge is 2.22. The molecule has 0 aliphatic rings. The first-order valence-corrected chi connectivity index (χ1v) is 9.84. The van der Waals surface area contributed by atoms with Gasteiger partial charge in [-0.3, -0.25) is 0 Å². The predicted molar refractivity (Wildman–Crippen MR) is 93.0 cm³/mol. The third-order valence-corrected chi connectivity index (χ3v) is 5.34. The van der Waals surface area contributed by atoms with Crippen LogP contribution in [0.15, 0.2) is 18.7 Å². The summed E-state index contributed by atoms with van der Waals surface area (Å²) in [6.07, 6.45) is 14.4. The van der Waals surface area contributed by atoms with Crippen LogP contribution in [0, 0.1) is 11.8 Å². The summed E-state index contributed by atoms with van der Waals surface area (Å²) < 4.78 is 28.1. The lowest BCUT2D eigenvalue weighted by molar-refractivity contribution is -0.694. The number of rotatable bonds is 10. The maximum Gasteiger partial charge on any atom is 0.379 e. The van der Waals surface area contributed by atoms with Crippen molar-refractivity contribution in [1.82, 2.24) is 8.28 Å². The van der Waals surface area contributed by atoms with E-state index in [-0.39, 0.29) is 12.4 Å². The van der Waals surface area contributed by atoms with E-state index in [1.54, 1.807) is 18.7 Å². The van der Waals surface area contributed by atoms with E-state index in [9.17, 15) is 8.42 Å². The summed E-state index contributed by atoms with van der Waals surface area (Å²) in [6.45, 7) is 2.94. The Labute approximate surface area is 153 Å². The normalized spacial score (nSPS) is 11.0. The fraction of sp³-hybridized carbons (Fsp3) is 0.706. The summed E-state index contributed by atoms with van der Waals surface area (Å²) in [5.74, 6) is 6.37. The molecule has 0 N–H and O–H groups in total. The van der Waals surface area contributed by atoms with Crippen molar-refractivity contribution in [3.63, 3.8) is 0 Å². The van der Waals surface area contributed by atoms with Gasteiger partial charge in [0, 0.05) is 26.9 Å². The van der Waals surface area contributed by atoms with Crippen LogP contribution in [0.1, 0.15) is 58.3 Å². The van der Waals surface area contributed by atoms with Crippen molar-refractivity contribution in [3.8, 4) is 11.8 Å². The van der Waals surface area contributed by atoms with E-state index in [4.69, 9.17) is 0 Å². The number of unbranched alkanes of at least 4 members (excludes halogenated alkanes) is 6. The second-order valence-electron chi connectivity index (χ2n) is 5.89. The van der Waals surface area contributed by atoms with E-state index in [2.05, 4.69) is 18.8 Å². The molecule has 0 saturated carbocycles. The molecule has 0 fully saturated rings. The molecular weight excluding hydrogens is 346 g/mol. The van der Waals surface area contributed by atoms with Crippen molar-refractivity contribution in [2.75, 3.05) is 14.1 Å². The Hall–Kier alpha value is -1.03. The lowest BCUT2D eigenvalue weighted by Crippen LogP contribution is -3.00. The van der Waals surface area contributed by atoms with Gasteiger partial charge in [-0.2, -0.15) is 12.7 Å². The second kappa shape index (κ2) is 12.3. The molecule has 1 rings (SSSR count). The van der Waals surface area contributed by atoms with Gasteiger partial charge in [0.05, 0.1) is 0 Å². The summed E-state index contributed by atoms with van der Waals surface area (Å²) in [4.78, 5) is 0. The standard InChI is InChI=1S/C17H30N3O2S.ClH/c1-4-5-6-7-8-9-10-11-12-13-14-19-15-16-20(17-19)23(21,22)18(2)3;/h15-17H,4-10,13-14H2,1-3H3;1H/q+1;/p-1. The van der Waals surface area contributed by atoms with Crippen molar-refractivity contribution < 1.29 is 25.4 Å². The molecule has 0 atom stereocenters. The minimum atomic E-state index is -3.42. The molecule has 138 valence electrons. The summed E-state index contributed by atoms with van der Waals surface area (Å²) in [5, 5.41) is 0. The molecule has 0 unspecified atom stereocenters. The molecule has 1 heterocycles. The first-order valence-electron chi connectivity index (χ1n) is 8.44. The highest BCUT2D eigenvalue weighted by Crippen LogP contribution is 2.06. The van der Waals surface area contributed by atoms with Crippen LogP contribution in [0.25, 0.3) is 0 Å². The highest BCUT2D eigenvalue weighted by molar-refractivity contribution is 7.87. The van der Waals surface area contributed by atoms with E-state index in [0.717, 1.165) is 12.8 Å². The SMILES string of the molecule is CCCCCCCCC#CCC[n+]1ccn(S(=O)(=O)N(C)C)c1.[Cl-]. The molecule has 0 bridgehead atoms. The van der Waals surface area contributed by atoms with E-state index in [0.29, 0.717) is 6.54 Å². The van der Waals surface area contributed by atoms with Crippen LogP contribution in [0.2, 0.25) is 0 Å². The van der Waals surface area contributed by atoms with Gasteiger partial charge in [-0.05, 0) is 6.42 Å². The van der Waals surface area contributed by atoms with Crippen LogP contribution >= 0.6 is 0 Å². The molecule has 0 aliphatic heterocycles. The van der Waals surface area contributed by atoms with E-state index in [1.807, 2.05) is 4.57 Å². The smallest absolute Gasteiger partial charge is 0.379 e. The lowest BCUT2D eigenvalue weighted by atomic mass is 10.1. The Morgan fingerprint density at radius 1 is 1.04 bits per heavy atom. The van der Waals surface area contributed by atoms with Crippen LogP contribution in [-0.2, 0) is 16.8 Å². The van der Waals surface area contributed by atoms with Gasteiger partial charge in [-0.25, -0.2) is 4.57 Å². The Morgan fingerprint density at radius 3 is 2.33 bits per heavy atom. The maximum absolute atomic E-state index is 11.9. The number of aryl methyl sites for hydroxylation is 1. The van der Waals surface area contributed by atoms with Crippen LogP contribution in [0.3, 0.4) is 0 Å². The van der Waals surface area contributed by atoms with E-state index < -0.39 is 10.2 Å². The van der Waals surface area contributed by atoms with Gasteiger partial charge in [0.2, 0.25) is 0 Å². The zero-order valence-corrected chi connectivity index (χ0v) is 16.6. The van der Waals surface area contributed by atoms with Crippen molar-refractivity contribution in [2.24, 2.45) is 0 Å². The number of nitrogens with zero attached hydrogens (tertiary/aromatic N) is 3. The minimum absolute atomic E-state index is 0. The van der Waals surface area contributed by atoms with Crippen molar-refractivity contribution in [2.45, 2.75) is 64.8 Å². The third kappa shape index (κ3) is 8.18. The maximum atomic E-state index is 11.9. The van der Waals surface area contributed by atoms with Gasteiger partial charge in [-0.15, -0.1) is 9.89 Å². The Bertz CT molecular complexity index is 615. The zero-order chi connectivity index (χ0) is 17.1. The van der Waals surface area contributed by atoms with Crippen molar-refractivity contribution in [3.05, 3.63) is 18.7 Å². The third-order valence-electron chi connectivity index (χ3n) is 3.67. The molecule has 1 aromatic rings. The molecule has 0 amide bonds. The average Bonchev–Trinajstić information content (AvgIpc) is 2.98. The van der Waals surface area contributed by atoms with Gasteiger partial charge >= 0.3 is 10.2 Å². The number of hydrogen-bond acceptors (Lipinski definition) is 2. The predicted octanol–water partition coefficient (Wildman–Crippen LogP) is -0.422. The Kier molecular flexibility index (Phi) is 11.8. The Morgan fingerprint density at radius 2 is 1.67 bits per heavy atom. The molecular formula is C17H30ClN3O2S. The molecule has 1 aromatic heterocycles. The number of imidazole rings is 1. The van der Waals surface area contributed by atoms with Gasteiger partial charge in [0.25, 0.3) is 6.33 Å². The lowest BCUT2D eigenvalue weighted by Gasteiger charge is -2.05. The monoisotopic (exact) mass is 375 g/mol. The molecule has 0 aliphatic carbocycles. The fourth-order valence-corrected chi connectivity index (χ4v) is 3.01. The fourth-order valence-electron chi connectivity index (χ4n) is 2.19. The van der Waals surface area contributed by atoms with Gasteiger partial charge < -0.3 is 12.4 Å². The van der Waals surface area contributed by atoms with Crippen molar-refractivity contribution >= 4 is 10.2 Å². The topological polar surface area (TPSA) is 46.2 Å². The van der Waals surface area contributed by atoms with Gasteiger partial charge in [0.1, 0.15) is 18.9 Å². The number of aromatic nitrogens is 2. The molecule has 24 heavy (non-hydrogen) atoms. The largest absolute Gasteiger partial charge is 1.00 e. The zero-order valence-electron chi connectivity index (χ0n) is 15.0. The molecule has 7 heteroatoms. The number of halogens is 1. The second-order valence-corrected chi connectivity index (χ2v) is 7.94. The molecule has 0 saturated heterocycles. The summed E-state index contributed by atoms with van der Waals surface area (Å²) in [5.41, 5.74) is 0. The minimum Gasteiger partial charge on any atom is -1.00 e. The first kappa shape index (κ1) is 23.0. The Balaban J connectivity index is 0.00000529. The van der Waals surface area contributed by atoms with Crippen LogP contribution in [0.5, 0.6) is 0 Å². The van der Waals surface area contributed by atoms with Crippen molar-refractivity contribution in [1.29, 1.82) is 0 Å². The summed E-state index contributed by atoms with van der Waals surface area (Å²) in [6, 6.07) is 0.